The normalized spacial score (nSPS) is 11.6. The molecule has 3 rings (SSSR count). The fourth-order valence-electron chi connectivity index (χ4n) is 3.15. The van der Waals surface area contributed by atoms with Gasteiger partial charge in [0.05, 0.1) is 24.2 Å². The highest BCUT2D eigenvalue weighted by atomic mass is 16.5. The Kier molecular flexibility index (Phi) is 6.26. The van der Waals surface area contributed by atoms with Crippen LogP contribution in [0.15, 0.2) is 42.5 Å². The lowest BCUT2D eigenvalue weighted by Crippen LogP contribution is -2.35. The third-order valence-corrected chi connectivity index (χ3v) is 5.10. The van der Waals surface area contributed by atoms with E-state index >= 15 is 0 Å². The number of amides is 1. The predicted octanol–water partition coefficient (Wildman–Crippen LogP) is 4.78. The smallest absolute Gasteiger partial charge is 0.225 e. The van der Waals surface area contributed by atoms with Gasteiger partial charge in [0.15, 0.2) is 0 Å². The van der Waals surface area contributed by atoms with Crippen LogP contribution in [0.4, 0.5) is 0 Å². The number of rotatable bonds is 7. The lowest BCUT2D eigenvalue weighted by molar-refractivity contribution is -0.128. The molecule has 5 heteroatoms. The van der Waals surface area contributed by atoms with Crippen molar-refractivity contribution in [1.29, 1.82) is 0 Å². The molecule has 29 heavy (non-hydrogen) atoms. The molecule has 1 N–H and O–H groups in total. The van der Waals surface area contributed by atoms with Crippen LogP contribution >= 0.6 is 0 Å². The molecule has 1 aromatic heterocycles. The highest BCUT2D eigenvalue weighted by Gasteiger charge is 2.21. The summed E-state index contributed by atoms with van der Waals surface area (Å²) in [4.78, 5) is 17.0. The van der Waals surface area contributed by atoms with Gasteiger partial charge in [-0.1, -0.05) is 39.0 Å². The summed E-state index contributed by atoms with van der Waals surface area (Å²) in [5.41, 5.74) is 4.11. The number of aryl methyl sites for hydroxylation is 3. The van der Waals surface area contributed by atoms with Gasteiger partial charge in [0.25, 0.3) is 0 Å². The molecule has 0 unspecified atom stereocenters. The van der Waals surface area contributed by atoms with Crippen LogP contribution in [-0.2, 0) is 17.9 Å². The van der Waals surface area contributed by atoms with Crippen LogP contribution in [0.5, 0.6) is 5.75 Å². The van der Waals surface area contributed by atoms with Gasteiger partial charge < -0.3 is 14.6 Å². The van der Waals surface area contributed by atoms with Crippen molar-refractivity contribution in [2.24, 2.45) is 5.41 Å². The second-order valence-electron chi connectivity index (χ2n) is 8.55. The summed E-state index contributed by atoms with van der Waals surface area (Å²) in [5, 5.41) is 3.01. The van der Waals surface area contributed by atoms with E-state index < -0.39 is 5.41 Å². The summed E-state index contributed by atoms with van der Waals surface area (Å²) in [7, 11) is 0. The number of carbonyl (C=O) groups is 1. The quantitative estimate of drug-likeness (QED) is 0.588. The van der Waals surface area contributed by atoms with Crippen molar-refractivity contribution >= 4 is 16.9 Å². The maximum Gasteiger partial charge on any atom is 0.225 e. The van der Waals surface area contributed by atoms with E-state index in [0.717, 1.165) is 35.6 Å². The van der Waals surface area contributed by atoms with Gasteiger partial charge >= 0.3 is 0 Å². The molecule has 0 spiro atoms. The van der Waals surface area contributed by atoms with Crippen LogP contribution in [0.1, 0.15) is 44.1 Å². The Morgan fingerprint density at radius 3 is 2.59 bits per heavy atom. The fraction of sp³-hybridized carbons (Fsp3) is 0.417. The van der Waals surface area contributed by atoms with Crippen molar-refractivity contribution in [3.63, 3.8) is 0 Å². The molecule has 0 aliphatic carbocycles. The number of nitrogens with one attached hydrogen (secondary N) is 1. The van der Waals surface area contributed by atoms with E-state index in [1.54, 1.807) is 0 Å². The Hall–Kier alpha value is -2.82. The summed E-state index contributed by atoms with van der Waals surface area (Å²) in [5.74, 6) is 1.80. The molecule has 0 fully saturated rings. The number of nitrogens with zero attached hydrogens (tertiary/aromatic N) is 2. The first kappa shape index (κ1) is 20.9. The zero-order valence-electron chi connectivity index (χ0n) is 18.1. The molecule has 0 bridgehead atoms. The van der Waals surface area contributed by atoms with Crippen molar-refractivity contribution in [2.45, 2.75) is 54.1 Å². The molecule has 0 saturated heterocycles. The number of para-hydroxylation sites is 2. The van der Waals surface area contributed by atoms with E-state index in [2.05, 4.69) is 41.9 Å². The van der Waals surface area contributed by atoms with Crippen LogP contribution in [-0.4, -0.2) is 22.1 Å². The molecule has 1 amide bonds. The minimum absolute atomic E-state index is 0.0224. The second kappa shape index (κ2) is 8.68. The molecule has 2 aromatic carbocycles. The van der Waals surface area contributed by atoms with E-state index in [0.29, 0.717) is 13.2 Å². The van der Waals surface area contributed by atoms with Gasteiger partial charge in [-0.3, -0.25) is 4.79 Å². The molecule has 0 aliphatic rings. The molecule has 3 aromatic rings. The number of fused-ring (bicyclic) bond motifs is 1. The molecule has 1 heterocycles. The second-order valence-corrected chi connectivity index (χ2v) is 8.55. The summed E-state index contributed by atoms with van der Waals surface area (Å²) < 4.78 is 8.11. The van der Waals surface area contributed by atoms with E-state index in [1.165, 1.54) is 11.1 Å². The third-order valence-electron chi connectivity index (χ3n) is 5.10. The first-order valence-electron chi connectivity index (χ1n) is 10.2. The van der Waals surface area contributed by atoms with Gasteiger partial charge in [-0.25, -0.2) is 4.98 Å². The zero-order valence-corrected chi connectivity index (χ0v) is 18.1. The summed E-state index contributed by atoms with van der Waals surface area (Å²) in [6, 6.07) is 14.3. The van der Waals surface area contributed by atoms with Crippen LogP contribution in [0, 0.1) is 19.3 Å². The third kappa shape index (κ3) is 5.17. The van der Waals surface area contributed by atoms with E-state index in [-0.39, 0.29) is 5.91 Å². The monoisotopic (exact) mass is 393 g/mol. The molecular weight excluding hydrogens is 362 g/mol. The van der Waals surface area contributed by atoms with E-state index in [4.69, 9.17) is 9.72 Å². The number of aromatic nitrogens is 2. The van der Waals surface area contributed by atoms with Gasteiger partial charge in [-0.2, -0.15) is 0 Å². The molecular formula is C24H31N3O2. The average molecular weight is 394 g/mol. The molecule has 0 aliphatic heterocycles. The molecule has 0 saturated carbocycles. The summed E-state index contributed by atoms with van der Waals surface area (Å²) in [6.07, 6.45) is 0.855. The van der Waals surface area contributed by atoms with Crippen LogP contribution in [0.25, 0.3) is 11.0 Å². The Balaban J connectivity index is 1.67. The highest BCUT2D eigenvalue weighted by molar-refractivity contribution is 5.81. The molecule has 0 atom stereocenters. The van der Waals surface area contributed by atoms with Gasteiger partial charge in [-0.15, -0.1) is 0 Å². The van der Waals surface area contributed by atoms with Gasteiger partial charge in [0.1, 0.15) is 11.6 Å². The average Bonchev–Trinajstić information content (AvgIpc) is 3.03. The maximum atomic E-state index is 12.3. The summed E-state index contributed by atoms with van der Waals surface area (Å²) >= 11 is 0. The van der Waals surface area contributed by atoms with Crippen LogP contribution in [0.2, 0.25) is 0 Å². The number of hydrogen-bond acceptors (Lipinski definition) is 3. The zero-order chi connectivity index (χ0) is 21.0. The van der Waals surface area contributed by atoms with Crippen molar-refractivity contribution < 1.29 is 9.53 Å². The first-order valence-corrected chi connectivity index (χ1v) is 10.2. The molecule has 5 nitrogen and oxygen atoms in total. The summed E-state index contributed by atoms with van der Waals surface area (Å²) in [6.45, 7) is 11.8. The molecule has 154 valence electrons. The number of carbonyl (C=O) groups excluding carboxylic acids is 1. The van der Waals surface area contributed by atoms with E-state index in [1.807, 2.05) is 45.0 Å². The van der Waals surface area contributed by atoms with E-state index in [9.17, 15) is 4.79 Å². The minimum atomic E-state index is -0.420. The predicted molar refractivity (Wildman–Crippen MR) is 117 cm³/mol. The fourth-order valence-corrected chi connectivity index (χ4v) is 3.15. The van der Waals surface area contributed by atoms with Crippen molar-refractivity contribution in [1.82, 2.24) is 14.9 Å². The minimum Gasteiger partial charge on any atom is -0.494 e. The van der Waals surface area contributed by atoms with Gasteiger partial charge in [-0.05, 0) is 55.7 Å². The van der Waals surface area contributed by atoms with Crippen LogP contribution in [0.3, 0.4) is 0 Å². The number of benzene rings is 2. The Bertz CT molecular complexity index is 999. The number of hydrogen-bond donors (Lipinski definition) is 1. The van der Waals surface area contributed by atoms with Crippen LogP contribution < -0.4 is 10.1 Å². The number of imidazole rings is 1. The Morgan fingerprint density at radius 2 is 1.86 bits per heavy atom. The Morgan fingerprint density at radius 1 is 1.10 bits per heavy atom. The lowest BCUT2D eigenvalue weighted by atomic mass is 9.96. The number of ether oxygens (including phenoxy) is 1. The SMILES string of the molecule is Cc1ccc(OCCCn2c(CNC(=O)C(C)(C)C)nc3ccccc32)cc1C. The maximum absolute atomic E-state index is 12.3. The topological polar surface area (TPSA) is 56.1 Å². The van der Waals surface area contributed by atoms with Crippen molar-refractivity contribution in [3.05, 3.63) is 59.4 Å². The Labute approximate surface area is 173 Å². The van der Waals surface area contributed by atoms with Crippen molar-refractivity contribution in [2.75, 3.05) is 6.61 Å². The van der Waals surface area contributed by atoms with Gasteiger partial charge in [0.2, 0.25) is 5.91 Å². The molecule has 0 radical (unpaired) electrons. The standard InChI is InChI=1S/C24H31N3O2/c1-17-11-12-19(15-18(17)2)29-14-8-13-27-21-10-7-6-9-20(21)26-22(27)16-25-23(28)24(3,4)5/h6-7,9-12,15H,8,13-14,16H2,1-5H3,(H,25,28). The highest BCUT2D eigenvalue weighted by Crippen LogP contribution is 2.19. The largest absolute Gasteiger partial charge is 0.494 e. The van der Waals surface area contributed by atoms with Gasteiger partial charge in [0, 0.05) is 12.0 Å². The van der Waals surface area contributed by atoms with Crippen molar-refractivity contribution in [3.8, 4) is 5.75 Å². The lowest BCUT2D eigenvalue weighted by Gasteiger charge is -2.18. The first-order chi connectivity index (χ1) is 13.8.